The van der Waals surface area contributed by atoms with Crippen LogP contribution in [0, 0.1) is 5.82 Å². The summed E-state index contributed by atoms with van der Waals surface area (Å²) in [6, 6.07) is 3.98. The Morgan fingerprint density at radius 3 is 2.96 bits per heavy atom. The van der Waals surface area contributed by atoms with Gasteiger partial charge in [-0.05, 0) is 34.1 Å². The number of amides is 1. The molecule has 5 nitrogen and oxygen atoms in total. The summed E-state index contributed by atoms with van der Waals surface area (Å²) in [7, 11) is 1.90. The average molecular weight is 404 g/mol. The van der Waals surface area contributed by atoms with Gasteiger partial charge in [-0.25, -0.2) is 9.37 Å². The van der Waals surface area contributed by atoms with Gasteiger partial charge in [-0.2, -0.15) is 0 Å². The van der Waals surface area contributed by atoms with Crippen LogP contribution in [0.15, 0.2) is 35.1 Å². The van der Waals surface area contributed by atoms with Gasteiger partial charge in [0.25, 0.3) is 5.91 Å². The van der Waals surface area contributed by atoms with Gasteiger partial charge in [0.15, 0.2) is 0 Å². The van der Waals surface area contributed by atoms with Crippen molar-refractivity contribution in [3.8, 4) is 0 Å². The van der Waals surface area contributed by atoms with Crippen LogP contribution in [0.1, 0.15) is 22.2 Å². The number of halogens is 3. The van der Waals surface area contributed by atoms with Gasteiger partial charge in [0, 0.05) is 43.5 Å². The second-order valence-corrected chi connectivity index (χ2v) is 6.09. The van der Waals surface area contributed by atoms with Gasteiger partial charge < -0.3 is 14.8 Å². The molecule has 2 aromatic rings. The third-order valence-electron chi connectivity index (χ3n) is 3.82. The van der Waals surface area contributed by atoms with Crippen LogP contribution in [0.5, 0.6) is 0 Å². The zero-order valence-electron chi connectivity index (χ0n) is 12.5. The fourth-order valence-corrected chi connectivity index (χ4v) is 3.11. The van der Waals surface area contributed by atoms with Crippen molar-refractivity contribution in [2.75, 3.05) is 19.6 Å². The lowest BCUT2D eigenvalue weighted by Crippen LogP contribution is -2.49. The number of carbonyl (C=O) groups excluding carboxylic acids is 1. The highest BCUT2D eigenvalue weighted by Crippen LogP contribution is 2.26. The molecule has 0 radical (unpaired) electrons. The molecule has 23 heavy (non-hydrogen) atoms. The summed E-state index contributed by atoms with van der Waals surface area (Å²) in [6.45, 7) is 1.89. The molecule has 1 aliphatic heterocycles. The molecular formula is C15H17BrClFN4O. The SMILES string of the molecule is Cl.Cn1ccnc1C1CNCCN1C(=O)c1cc(F)ccc1Br. The quantitative estimate of drug-likeness (QED) is 0.838. The molecule has 124 valence electrons. The van der Waals surface area contributed by atoms with E-state index in [9.17, 15) is 9.18 Å². The minimum Gasteiger partial charge on any atom is -0.336 e. The van der Waals surface area contributed by atoms with Crippen molar-refractivity contribution in [2.45, 2.75) is 6.04 Å². The smallest absolute Gasteiger partial charge is 0.255 e. The van der Waals surface area contributed by atoms with Crippen LogP contribution in [0.25, 0.3) is 0 Å². The van der Waals surface area contributed by atoms with Gasteiger partial charge in [0.1, 0.15) is 17.7 Å². The molecule has 1 amide bonds. The maximum atomic E-state index is 13.5. The first kappa shape index (κ1) is 17.9. The number of aryl methyl sites for hydroxylation is 1. The van der Waals surface area contributed by atoms with Crippen molar-refractivity contribution < 1.29 is 9.18 Å². The summed E-state index contributed by atoms with van der Waals surface area (Å²) in [5, 5.41) is 3.28. The summed E-state index contributed by atoms with van der Waals surface area (Å²) < 4.78 is 16.0. The summed E-state index contributed by atoms with van der Waals surface area (Å²) in [6.07, 6.45) is 3.56. The zero-order valence-corrected chi connectivity index (χ0v) is 14.9. The van der Waals surface area contributed by atoms with E-state index in [1.165, 1.54) is 12.1 Å². The summed E-state index contributed by atoms with van der Waals surface area (Å²) in [5.74, 6) is 0.198. The van der Waals surface area contributed by atoms with E-state index in [-0.39, 0.29) is 24.4 Å². The summed E-state index contributed by atoms with van der Waals surface area (Å²) >= 11 is 3.33. The Kier molecular flexibility index (Phi) is 5.78. The van der Waals surface area contributed by atoms with Crippen LogP contribution >= 0.6 is 28.3 Å². The Morgan fingerprint density at radius 2 is 2.26 bits per heavy atom. The monoisotopic (exact) mass is 402 g/mol. The third kappa shape index (κ3) is 3.57. The lowest BCUT2D eigenvalue weighted by Gasteiger charge is -2.36. The first-order chi connectivity index (χ1) is 10.6. The second-order valence-electron chi connectivity index (χ2n) is 5.24. The molecule has 1 aromatic carbocycles. The molecule has 8 heteroatoms. The number of benzene rings is 1. The Hall–Kier alpha value is -1.44. The highest BCUT2D eigenvalue weighted by molar-refractivity contribution is 9.10. The lowest BCUT2D eigenvalue weighted by atomic mass is 10.1. The van der Waals surface area contributed by atoms with Crippen LogP contribution in [0.3, 0.4) is 0 Å². The molecule has 0 saturated carbocycles. The van der Waals surface area contributed by atoms with Gasteiger partial charge in [0.05, 0.1) is 5.56 Å². The summed E-state index contributed by atoms with van der Waals surface area (Å²) in [5.41, 5.74) is 0.334. The molecule has 1 unspecified atom stereocenters. The second kappa shape index (κ2) is 7.42. The standard InChI is InChI=1S/C15H16BrFN4O.ClH/c1-20-6-5-19-14(20)13-9-18-4-7-21(13)15(22)11-8-10(17)2-3-12(11)16;/h2-3,5-6,8,13,18H,4,7,9H2,1H3;1H. The molecule has 1 fully saturated rings. The van der Waals surface area contributed by atoms with Gasteiger partial charge in [0.2, 0.25) is 0 Å². The third-order valence-corrected chi connectivity index (χ3v) is 4.51. The maximum absolute atomic E-state index is 13.5. The normalized spacial score (nSPS) is 17.7. The van der Waals surface area contributed by atoms with E-state index in [2.05, 4.69) is 26.2 Å². The average Bonchev–Trinajstić information content (AvgIpc) is 2.95. The van der Waals surface area contributed by atoms with Gasteiger partial charge in [-0.1, -0.05) is 0 Å². The molecule has 1 atom stereocenters. The Labute approximate surface area is 148 Å². The molecule has 1 N–H and O–H groups in total. The minimum atomic E-state index is -0.421. The van der Waals surface area contributed by atoms with Crippen molar-refractivity contribution in [3.63, 3.8) is 0 Å². The Morgan fingerprint density at radius 1 is 1.48 bits per heavy atom. The zero-order chi connectivity index (χ0) is 15.7. The van der Waals surface area contributed by atoms with Crippen LogP contribution in [-0.4, -0.2) is 40.0 Å². The molecule has 1 aliphatic rings. The predicted octanol–water partition coefficient (Wildman–Crippen LogP) is 2.53. The number of aromatic nitrogens is 2. The van der Waals surface area contributed by atoms with Crippen molar-refractivity contribution >= 4 is 34.2 Å². The van der Waals surface area contributed by atoms with Crippen molar-refractivity contribution in [2.24, 2.45) is 7.05 Å². The highest BCUT2D eigenvalue weighted by atomic mass is 79.9. The van der Waals surface area contributed by atoms with E-state index in [0.717, 1.165) is 5.82 Å². The lowest BCUT2D eigenvalue weighted by molar-refractivity contribution is 0.0619. The molecule has 2 heterocycles. The van der Waals surface area contributed by atoms with E-state index in [1.54, 1.807) is 17.2 Å². The maximum Gasteiger partial charge on any atom is 0.255 e. The fourth-order valence-electron chi connectivity index (χ4n) is 2.69. The van der Waals surface area contributed by atoms with E-state index >= 15 is 0 Å². The highest BCUT2D eigenvalue weighted by Gasteiger charge is 2.31. The predicted molar refractivity (Wildman–Crippen MR) is 91.2 cm³/mol. The molecular weight excluding hydrogens is 387 g/mol. The number of hydrogen-bond acceptors (Lipinski definition) is 3. The number of nitrogens with zero attached hydrogens (tertiary/aromatic N) is 3. The number of piperazine rings is 1. The van der Waals surface area contributed by atoms with E-state index < -0.39 is 5.82 Å². The van der Waals surface area contributed by atoms with Crippen molar-refractivity contribution in [1.82, 2.24) is 19.8 Å². The Bertz CT molecular complexity index is 709. The molecule has 0 aliphatic carbocycles. The number of carbonyl (C=O) groups is 1. The number of hydrogen-bond donors (Lipinski definition) is 1. The van der Waals surface area contributed by atoms with Gasteiger partial charge >= 0.3 is 0 Å². The van der Waals surface area contributed by atoms with E-state index in [0.29, 0.717) is 29.7 Å². The first-order valence-corrected chi connectivity index (χ1v) is 7.81. The number of rotatable bonds is 2. The van der Waals surface area contributed by atoms with Crippen LogP contribution in [-0.2, 0) is 7.05 Å². The van der Waals surface area contributed by atoms with E-state index in [1.807, 2.05) is 17.8 Å². The molecule has 0 spiro atoms. The molecule has 3 rings (SSSR count). The van der Waals surface area contributed by atoms with Crippen molar-refractivity contribution in [3.05, 3.63) is 52.3 Å². The Balaban J connectivity index is 0.00000192. The number of nitrogens with one attached hydrogen (secondary N) is 1. The van der Waals surface area contributed by atoms with Gasteiger partial charge in [-0.3, -0.25) is 4.79 Å². The minimum absolute atomic E-state index is 0. The topological polar surface area (TPSA) is 50.2 Å². The molecule has 1 saturated heterocycles. The number of imidazole rings is 1. The molecule has 1 aromatic heterocycles. The molecule has 0 bridgehead atoms. The van der Waals surface area contributed by atoms with Crippen LogP contribution in [0.4, 0.5) is 4.39 Å². The van der Waals surface area contributed by atoms with Crippen LogP contribution < -0.4 is 5.32 Å². The summed E-state index contributed by atoms with van der Waals surface area (Å²) in [4.78, 5) is 19.0. The van der Waals surface area contributed by atoms with Crippen LogP contribution in [0.2, 0.25) is 0 Å². The van der Waals surface area contributed by atoms with Gasteiger partial charge in [-0.15, -0.1) is 12.4 Å². The largest absolute Gasteiger partial charge is 0.336 e. The van der Waals surface area contributed by atoms with Crippen molar-refractivity contribution in [1.29, 1.82) is 0 Å². The fraction of sp³-hybridized carbons (Fsp3) is 0.333. The first-order valence-electron chi connectivity index (χ1n) is 7.02. The van der Waals surface area contributed by atoms with E-state index in [4.69, 9.17) is 0 Å².